The van der Waals surface area contributed by atoms with Gasteiger partial charge in [-0.25, -0.2) is 0 Å². The smallest absolute Gasteiger partial charge is 0.423 e. The molecular weight excluding hydrogens is 115 g/mol. The van der Waals surface area contributed by atoms with Crippen molar-refractivity contribution in [3.05, 3.63) is 30.2 Å². The Bertz CT molecular complexity index is 352. The molecule has 2 nitrogen and oxygen atoms in total. The third-order valence-corrected chi connectivity index (χ3v) is 0.778. The number of hydrogen-bond donors (Lipinski definition) is 2. The van der Waals surface area contributed by atoms with E-state index < -0.39 is 42.8 Å². The molecule has 2 N–H and O–H groups in total. The Labute approximate surface area is 60.9 Å². The number of hydrogen-bond acceptors (Lipinski definition) is 2. The molecule has 9 heavy (non-hydrogen) atoms. The molecule has 0 aromatic heterocycles. The van der Waals surface area contributed by atoms with Crippen LogP contribution in [0.15, 0.2) is 30.2 Å². The Kier molecular flexibility index (Phi) is 0.723. The van der Waals surface area contributed by atoms with Gasteiger partial charge in [0.25, 0.3) is 0 Å². The fourth-order valence-corrected chi connectivity index (χ4v) is 0.389. The van der Waals surface area contributed by atoms with Crippen molar-refractivity contribution in [1.82, 2.24) is 0 Å². The Morgan fingerprint density at radius 3 is 2.22 bits per heavy atom. The Hall–Kier alpha value is -0.795. The van der Waals surface area contributed by atoms with E-state index in [0.717, 1.165) is 0 Å². The van der Waals surface area contributed by atoms with Crippen molar-refractivity contribution < 1.29 is 16.9 Å². The topological polar surface area (TPSA) is 40.5 Å². The van der Waals surface area contributed by atoms with Crippen LogP contribution >= 0.6 is 0 Å². The Morgan fingerprint density at radius 1 is 1.22 bits per heavy atom. The highest BCUT2D eigenvalue weighted by Crippen LogP contribution is 1.82. The SMILES string of the molecule is [2H]c1c([2H])c([2H])c(B(O)O)c([2H])c1[2H]. The minimum absolute atomic E-state index is 0.504. The van der Waals surface area contributed by atoms with Gasteiger partial charge in [0.1, 0.15) is 0 Å². The molecular formula is C6H7BO2. The van der Waals surface area contributed by atoms with Gasteiger partial charge in [-0.05, 0) is 5.46 Å². The first-order chi connectivity index (χ1) is 6.37. The summed E-state index contributed by atoms with van der Waals surface area (Å²) < 4.78 is 36.2. The van der Waals surface area contributed by atoms with Crippen molar-refractivity contribution in [2.24, 2.45) is 0 Å². The summed E-state index contributed by atoms with van der Waals surface area (Å²) >= 11 is 0. The summed E-state index contributed by atoms with van der Waals surface area (Å²) in [5.74, 6) is 0. The summed E-state index contributed by atoms with van der Waals surface area (Å²) in [5, 5.41) is 17.6. The van der Waals surface area contributed by atoms with Gasteiger partial charge in [-0.2, -0.15) is 0 Å². The van der Waals surface area contributed by atoms with Crippen molar-refractivity contribution in [3.63, 3.8) is 0 Å². The molecule has 0 aliphatic heterocycles. The average molecular weight is 127 g/mol. The van der Waals surface area contributed by atoms with Crippen LogP contribution in [0.1, 0.15) is 6.85 Å². The molecule has 0 aliphatic rings. The quantitative estimate of drug-likeness (QED) is 0.493. The molecule has 0 atom stereocenters. The average Bonchev–Trinajstić information content (AvgIpc) is 2.11. The Balaban J connectivity index is 3.60. The van der Waals surface area contributed by atoms with Crippen LogP contribution in [0.4, 0.5) is 0 Å². The van der Waals surface area contributed by atoms with Crippen LogP contribution in [0.5, 0.6) is 0 Å². The minimum Gasteiger partial charge on any atom is -0.423 e. The molecule has 0 bridgehead atoms. The normalized spacial score (nSPS) is 16.9. The molecule has 1 aromatic carbocycles. The van der Waals surface area contributed by atoms with E-state index in [9.17, 15) is 0 Å². The standard InChI is InChI=1S/C6H7BO2/c8-7(9)6-4-2-1-3-5-6/h1-5,8-9H/i1D,2D,3D,4D,5D. The van der Waals surface area contributed by atoms with E-state index in [0.29, 0.717) is 0 Å². The number of benzene rings is 1. The lowest BCUT2D eigenvalue weighted by molar-refractivity contribution is 0.426. The first-order valence-corrected chi connectivity index (χ1v) is 2.31. The first kappa shape index (κ1) is 2.44. The summed E-state index contributed by atoms with van der Waals surface area (Å²) in [5.41, 5.74) is -0.504. The second kappa shape index (κ2) is 2.66. The zero-order valence-electron chi connectivity index (χ0n) is 9.47. The Morgan fingerprint density at radius 2 is 1.78 bits per heavy atom. The second-order valence-electron chi connectivity index (χ2n) is 1.41. The van der Waals surface area contributed by atoms with Crippen LogP contribution in [0.25, 0.3) is 0 Å². The fourth-order valence-electron chi connectivity index (χ4n) is 0.389. The van der Waals surface area contributed by atoms with E-state index in [1.807, 2.05) is 0 Å². The minimum atomic E-state index is -2.07. The molecule has 0 saturated heterocycles. The molecule has 0 heterocycles. The van der Waals surface area contributed by atoms with Crippen molar-refractivity contribution in [3.8, 4) is 0 Å². The van der Waals surface area contributed by atoms with Gasteiger partial charge in [0.15, 0.2) is 0 Å². The van der Waals surface area contributed by atoms with Crippen LogP contribution in [-0.2, 0) is 0 Å². The summed E-state index contributed by atoms with van der Waals surface area (Å²) in [7, 11) is -2.07. The zero-order valence-corrected chi connectivity index (χ0v) is 4.47. The van der Waals surface area contributed by atoms with Crippen molar-refractivity contribution in [2.75, 3.05) is 0 Å². The number of rotatable bonds is 1. The fraction of sp³-hybridized carbons (Fsp3) is 0. The molecule has 0 spiro atoms. The maximum Gasteiger partial charge on any atom is 0.488 e. The lowest BCUT2D eigenvalue weighted by Gasteiger charge is -1.94. The maximum atomic E-state index is 8.81. The van der Waals surface area contributed by atoms with Crippen LogP contribution in [0, 0.1) is 0 Å². The third kappa shape index (κ3) is 1.55. The second-order valence-corrected chi connectivity index (χ2v) is 1.41. The molecule has 3 heteroatoms. The van der Waals surface area contributed by atoms with Gasteiger partial charge in [-0.15, -0.1) is 0 Å². The van der Waals surface area contributed by atoms with Crippen LogP contribution in [0.3, 0.4) is 0 Å². The third-order valence-electron chi connectivity index (χ3n) is 0.778. The molecule has 46 valence electrons. The van der Waals surface area contributed by atoms with Gasteiger partial charge in [-0.3, -0.25) is 0 Å². The predicted molar refractivity (Wildman–Crippen MR) is 36.3 cm³/mol. The van der Waals surface area contributed by atoms with Gasteiger partial charge in [0, 0.05) is 0 Å². The largest absolute Gasteiger partial charge is 0.488 e. The molecule has 0 fully saturated rings. The summed E-state index contributed by atoms with van der Waals surface area (Å²) in [6, 6.07) is -2.88. The molecule has 0 saturated carbocycles. The van der Waals surface area contributed by atoms with Gasteiger partial charge < -0.3 is 10.0 Å². The monoisotopic (exact) mass is 127 g/mol. The molecule has 0 amide bonds. The highest BCUT2D eigenvalue weighted by Gasteiger charge is 2.07. The van der Waals surface area contributed by atoms with E-state index >= 15 is 0 Å². The lowest BCUT2D eigenvalue weighted by Crippen LogP contribution is -2.29. The molecule has 1 aromatic rings. The van der Waals surface area contributed by atoms with Crippen LogP contribution < -0.4 is 5.46 Å². The van der Waals surface area contributed by atoms with E-state index in [1.165, 1.54) is 0 Å². The summed E-state index contributed by atoms with van der Waals surface area (Å²) in [6.45, 7) is 0. The summed E-state index contributed by atoms with van der Waals surface area (Å²) in [4.78, 5) is 0. The van der Waals surface area contributed by atoms with Gasteiger partial charge in [0.2, 0.25) is 0 Å². The van der Waals surface area contributed by atoms with Crippen LogP contribution in [-0.4, -0.2) is 17.2 Å². The highest BCUT2D eigenvalue weighted by atomic mass is 16.4. The maximum absolute atomic E-state index is 8.81. The van der Waals surface area contributed by atoms with Crippen LogP contribution in [0.2, 0.25) is 0 Å². The van der Waals surface area contributed by atoms with Crippen molar-refractivity contribution in [1.29, 1.82) is 0 Å². The van der Waals surface area contributed by atoms with E-state index in [4.69, 9.17) is 16.9 Å². The molecule has 0 aliphatic carbocycles. The summed E-state index contributed by atoms with van der Waals surface area (Å²) in [6.07, 6.45) is 0. The van der Waals surface area contributed by atoms with Crippen molar-refractivity contribution >= 4 is 12.6 Å². The van der Waals surface area contributed by atoms with E-state index in [1.54, 1.807) is 0 Å². The van der Waals surface area contributed by atoms with Gasteiger partial charge >= 0.3 is 7.12 Å². The zero-order chi connectivity index (χ0) is 11.0. The van der Waals surface area contributed by atoms with E-state index in [-0.39, 0.29) is 0 Å². The first-order valence-electron chi connectivity index (χ1n) is 4.81. The van der Waals surface area contributed by atoms with Gasteiger partial charge in [-0.1, -0.05) is 30.2 Å². The molecule has 1 rings (SSSR count). The highest BCUT2D eigenvalue weighted by molar-refractivity contribution is 6.58. The van der Waals surface area contributed by atoms with Crippen molar-refractivity contribution in [2.45, 2.75) is 0 Å². The van der Waals surface area contributed by atoms with E-state index in [2.05, 4.69) is 0 Å². The molecule has 0 unspecified atom stereocenters. The van der Waals surface area contributed by atoms with Gasteiger partial charge in [0.05, 0.1) is 6.85 Å². The molecule has 0 radical (unpaired) electrons. The lowest BCUT2D eigenvalue weighted by atomic mass is 9.81. The predicted octanol–water partition coefficient (Wildman–Crippen LogP) is -0.634.